The van der Waals surface area contributed by atoms with Crippen LogP contribution in [-0.2, 0) is 4.79 Å². The molecule has 1 aliphatic rings. The topological polar surface area (TPSA) is 55.3 Å². The summed E-state index contributed by atoms with van der Waals surface area (Å²) in [5.41, 5.74) is 1.68. The van der Waals surface area contributed by atoms with Gasteiger partial charge in [0.2, 0.25) is 5.91 Å². The Morgan fingerprint density at radius 2 is 2.00 bits per heavy atom. The number of halogens is 1. The van der Waals surface area contributed by atoms with Crippen LogP contribution in [0.5, 0.6) is 6.01 Å². The molecule has 0 saturated carbocycles. The number of carbonyl (C=O) groups is 1. The Kier molecular flexibility index (Phi) is 3.51. The maximum atomic E-state index is 14.2. The molecule has 1 aromatic carbocycles. The highest BCUT2D eigenvalue weighted by molar-refractivity contribution is 5.95. The van der Waals surface area contributed by atoms with E-state index in [0.29, 0.717) is 29.8 Å². The van der Waals surface area contributed by atoms with Crippen LogP contribution in [0.15, 0.2) is 30.6 Å². The molecule has 0 aliphatic carbocycles. The summed E-state index contributed by atoms with van der Waals surface area (Å²) < 4.78 is 19.1. The molecule has 2 heterocycles. The molecule has 21 heavy (non-hydrogen) atoms. The first kappa shape index (κ1) is 13.5. The second-order valence-corrected chi connectivity index (χ2v) is 4.77. The van der Waals surface area contributed by atoms with Crippen molar-refractivity contribution in [3.63, 3.8) is 0 Å². The highest BCUT2D eigenvalue weighted by Gasteiger charge is 2.24. The van der Waals surface area contributed by atoms with Gasteiger partial charge in [0.1, 0.15) is 5.82 Å². The van der Waals surface area contributed by atoms with Crippen LogP contribution in [0.25, 0.3) is 11.1 Å². The summed E-state index contributed by atoms with van der Waals surface area (Å²) in [5.74, 6) is -0.451. The molecule has 0 radical (unpaired) electrons. The van der Waals surface area contributed by atoms with E-state index < -0.39 is 5.82 Å². The van der Waals surface area contributed by atoms with Gasteiger partial charge in [0, 0.05) is 30.9 Å². The summed E-state index contributed by atoms with van der Waals surface area (Å²) in [6, 6.07) is 5.04. The molecule has 2 aromatic rings. The summed E-state index contributed by atoms with van der Waals surface area (Å²) in [4.78, 5) is 21.2. The predicted molar refractivity (Wildman–Crippen MR) is 75.6 cm³/mol. The fourth-order valence-corrected chi connectivity index (χ4v) is 2.38. The maximum Gasteiger partial charge on any atom is 0.316 e. The van der Waals surface area contributed by atoms with E-state index in [1.165, 1.54) is 18.1 Å². The van der Waals surface area contributed by atoms with Crippen LogP contribution >= 0.6 is 0 Å². The lowest BCUT2D eigenvalue weighted by Gasteiger charge is -2.17. The summed E-state index contributed by atoms with van der Waals surface area (Å²) in [7, 11) is 1.48. The third kappa shape index (κ3) is 2.56. The van der Waals surface area contributed by atoms with E-state index in [2.05, 4.69) is 9.97 Å². The van der Waals surface area contributed by atoms with Gasteiger partial charge in [-0.15, -0.1) is 0 Å². The quantitative estimate of drug-likeness (QED) is 0.870. The van der Waals surface area contributed by atoms with E-state index in [1.54, 1.807) is 24.5 Å². The summed E-state index contributed by atoms with van der Waals surface area (Å²) >= 11 is 0. The van der Waals surface area contributed by atoms with Gasteiger partial charge < -0.3 is 9.64 Å². The van der Waals surface area contributed by atoms with Crippen molar-refractivity contribution >= 4 is 11.6 Å². The van der Waals surface area contributed by atoms with E-state index in [9.17, 15) is 9.18 Å². The summed E-state index contributed by atoms with van der Waals surface area (Å²) in [5, 5.41) is 0. The van der Waals surface area contributed by atoms with Crippen molar-refractivity contribution in [1.29, 1.82) is 0 Å². The first-order valence-electron chi connectivity index (χ1n) is 6.65. The number of hydrogen-bond donors (Lipinski definition) is 0. The largest absolute Gasteiger partial charge is 0.467 e. The minimum absolute atomic E-state index is 0.0329. The SMILES string of the molecule is COc1ncc(-c2ccc(N3CCCC3=O)c(F)c2)cn1. The van der Waals surface area contributed by atoms with Crippen LogP contribution in [0.3, 0.4) is 0 Å². The molecule has 1 saturated heterocycles. The third-order valence-electron chi connectivity index (χ3n) is 3.46. The van der Waals surface area contributed by atoms with Gasteiger partial charge in [0.25, 0.3) is 0 Å². The molecular weight excluding hydrogens is 273 g/mol. The Labute approximate surface area is 121 Å². The number of hydrogen-bond acceptors (Lipinski definition) is 4. The van der Waals surface area contributed by atoms with Gasteiger partial charge in [-0.05, 0) is 24.1 Å². The predicted octanol–water partition coefficient (Wildman–Crippen LogP) is 2.42. The van der Waals surface area contributed by atoms with Crippen LogP contribution in [0.2, 0.25) is 0 Å². The van der Waals surface area contributed by atoms with Crippen LogP contribution in [0, 0.1) is 5.82 Å². The highest BCUT2D eigenvalue weighted by atomic mass is 19.1. The molecule has 6 heteroatoms. The number of anilines is 1. The zero-order valence-electron chi connectivity index (χ0n) is 11.5. The Morgan fingerprint density at radius 1 is 1.24 bits per heavy atom. The normalized spacial score (nSPS) is 14.6. The lowest BCUT2D eigenvalue weighted by atomic mass is 10.1. The number of nitrogens with zero attached hydrogens (tertiary/aromatic N) is 3. The highest BCUT2D eigenvalue weighted by Crippen LogP contribution is 2.28. The molecule has 0 N–H and O–H groups in total. The molecule has 0 bridgehead atoms. The van der Waals surface area contributed by atoms with Crippen molar-refractivity contribution in [3.05, 3.63) is 36.4 Å². The maximum absolute atomic E-state index is 14.2. The molecule has 0 unspecified atom stereocenters. The number of rotatable bonds is 3. The number of benzene rings is 1. The van der Waals surface area contributed by atoms with Crippen LogP contribution in [0.1, 0.15) is 12.8 Å². The van der Waals surface area contributed by atoms with Gasteiger partial charge >= 0.3 is 6.01 Å². The first-order valence-corrected chi connectivity index (χ1v) is 6.65. The second kappa shape index (κ2) is 5.47. The fourth-order valence-electron chi connectivity index (χ4n) is 2.38. The van der Waals surface area contributed by atoms with E-state index in [4.69, 9.17) is 4.74 Å². The molecule has 0 atom stereocenters. The number of amides is 1. The molecule has 1 fully saturated rings. The molecule has 1 aliphatic heterocycles. The second-order valence-electron chi connectivity index (χ2n) is 4.77. The number of carbonyl (C=O) groups excluding carboxylic acids is 1. The smallest absolute Gasteiger partial charge is 0.316 e. The van der Waals surface area contributed by atoms with Crippen molar-refractivity contribution in [2.24, 2.45) is 0 Å². The zero-order valence-corrected chi connectivity index (χ0v) is 11.5. The molecule has 3 rings (SSSR count). The van der Waals surface area contributed by atoms with Gasteiger partial charge in [0.15, 0.2) is 0 Å². The zero-order chi connectivity index (χ0) is 14.8. The van der Waals surface area contributed by atoms with Gasteiger partial charge in [-0.25, -0.2) is 14.4 Å². The van der Waals surface area contributed by atoms with Crippen LogP contribution in [-0.4, -0.2) is 29.5 Å². The monoisotopic (exact) mass is 287 g/mol. The van der Waals surface area contributed by atoms with Crippen molar-refractivity contribution in [3.8, 4) is 17.1 Å². The Morgan fingerprint density at radius 3 is 2.57 bits per heavy atom. The number of methoxy groups -OCH3 is 1. The van der Waals surface area contributed by atoms with E-state index in [1.807, 2.05) is 0 Å². The minimum Gasteiger partial charge on any atom is -0.467 e. The van der Waals surface area contributed by atoms with Gasteiger partial charge in [-0.1, -0.05) is 6.07 Å². The Hall–Kier alpha value is -2.50. The van der Waals surface area contributed by atoms with Crippen molar-refractivity contribution in [1.82, 2.24) is 9.97 Å². The van der Waals surface area contributed by atoms with Gasteiger partial charge in [-0.3, -0.25) is 4.79 Å². The van der Waals surface area contributed by atoms with Crippen LogP contribution < -0.4 is 9.64 Å². The average Bonchev–Trinajstić information content (AvgIpc) is 2.93. The summed E-state index contributed by atoms with van der Waals surface area (Å²) in [6.45, 7) is 0.570. The lowest BCUT2D eigenvalue weighted by molar-refractivity contribution is -0.117. The number of aromatic nitrogens is 2. The van der Waals surface area contributed by atoms with Crippen LogP contribution in [0.4, 0.5) is 10.1 Å². The van der Waals surface area contributed by atoms with E-state index >= 15 is 0 Å². The molecular formula is C15H14FN3O2. The molecule has 1 amide bonds. The Balaban J connectivity index is 1.91. The summed E-state index contributed by atoms with van der Waals surface area (Å²) in [6.07, 6.45) is 4.39. The van der Waals surface area contributed by atoms with E-state index in [0.717, 1.165) is 6.42 Å². The number of ether oxygens (including phenoxy) is 1. The first-order chi connectivity index (χ1) is 10.2. The van der Waals surface area contributed by atoms with Crippen molar-refractivity contribution < 1.29 is 13.9 Å². The molecule has 0 spiro atoms. The van der Waals surface area contributed by atoms with Gasteiger partial charge in [0.05, 0.1) is 12.8 Å². The molecule has 1 aromatic heterocycles. The minimum atomic E-state index is -0.418. The Bertz CT molecular complexity index is 673. The molecule has 108 valence electrons. The lowest BCUT2D eigenvalue weighted by Crippen LogP contribution is -2.24. The van der Waals surface area contributed by atoms with Crippen molar-refractivity contribution in [2.45, 2.75) is 12.8 Å². The van der Waals surface area contributed by atoms with Gasteiger partial charge in [-0.2, -0.15) is 0 Å². The average molecular weight is 287 g/mol. The standard InChI is InChI=1S/C15H14FN3O2/c1-21-15-17-8-11(9-18-15)10-4-5-13(12(16)7-10)19-6-2-3-14(19)20/h4-5,7-9H,2-3,6H2,1H3. The van der Waals surface area contributed by atoms with Crippen molar-refractivity contribution in [2.75, 3.05) is 18.6 Å². The van der Waals surface area contributed by atoms with E-state index in [-0.39, 0.29) is 11.9 Å². The fraction of sp³-hybridized carbons (Fsp3) is 0.267. The third-order valence-corrected chi connectivity index (χ3v) is 3.46. The molecule has 5 nitrogen and oxygen atoms in total.